The normalized spacial score (nSPS) is 14.4. The molecule has 0 aliphatic rings. The topological polar surface area (TPSA) is 111 Å². The lowest BCUT2D eigenvalue weighted by Gasteiger charge is -2.27. The summed E-state index contributed by atoms with van der Waals surface area (Å²) in [5.74, 6) is -0.532. The third-order valence-electron chi connectivity index (χ3n) is 15.3. The van der Waals surface area contributed by atoms with Crippen LogP contribution in [0.1, 0.15) is 290 Å². The number of phosphoric acid groups is 1. The maximum atomic E-state index is 13.6. The van der Waals surface area contributed by atoms with Crippen LogP contribution in [0, 0.1) is 0 Å². The molecule has 0 radical (unpaired) electrons. The lowest BCUT2D eigenvalue weighted by molar-refractivity contribution is -0.870. The van der Waals surface area contributed by atoms with Crippen molar-refractivity contribution in [1.82, 2.24) is 5.32 Å². The Morgan fingerprint density at radius 1 is 0.404 bits per heavy atom. The van der Waals surface area contributed by atoms with Crippen molar-refractivity contribution in [2.75, 3.05) is 40.9 Å². The van der Waals surface area contributed by atoms with Crippen molar-refractivity contribution in [3.05, 3.63) is 146 Å². The Balaban J connectivity index is 5.15. The summed E-state index contributed by atoms with van der Waals surface area (Å²) in [5.41, 5.74) is 0. The number of ether oxygens (including phenoxy) is 1. The minimum Gasteiger partial charge on any atom is -0.456 e. The Kier molecular flexibility index (Phi) is 63.7. The number of quaternary nitrogens is 1. The number of esters is 1. The molecule has 3 atom stereocenters. The van der Waals surface area contributed by atoms with Crippen LogP contribution in [-0.4, -0.2) is 74.3 Å². The molecule has 0 rings (SSSR count). The lowest BCUT2D eigenvalue weighted by Crippen LogP contribution is -2.47. The minimum absolute atomic E-state index is 0.0288. The molecule has 89 heavy (non-hydrogen) atoms. The van der Waals surface area contributed by atoms with Crippen LogP contribution in [-0.2, 0) is 27.9 Å². The number of amides is 1. The number of carbonyl (C=O) groups excluding carboxylic acids is 2. The van der Waals surface area contributed by atoms with Gasteiger partial charge < -0.3 is 19.4 Å². The van der Waals surface area contributed by atoms with Gasteiger partial charge in [-0.25, -0.2) is 4.57 Å². The highest BCUT2D eigenvalue weighted by Crippen LogP contribution is 2.43. The molecule has 0 aliphatic carbocycles. The minimum atomic E-state index is -4.47. The van der Waals surface area contributed by atoms with Gasteiger partial charge in [-0.15, -0.1) is 0 Å². The van der Waals surface area contributed by atoms with Crippen LogP contribution in [0.3, 0.4) is 0 Å². The Morgan fingerprint density at radius 2 is 0.719 bits per heavy atom. The Bertz CT molecular complexity index is 2030. The zero-order valence-electron chi connectivity index (χ0n) is 58.1. The van der Waals surface area contributed by atoms with E-state index in [1.165, 1.54) is 103 Å². The monoisotopic (exact) mass is 1260 g/mol. The first kappa shape index (κ1) is 84.9. The van der Waals surface area contributed by atoms with E-state index in [0.29, 0.717) is 17.4 Å². The average molecular weight is 1260 g/mol. The number of nitrogens with one attached hydrogen (secondary N) is 1. The zero-order chi connectivity index (χ0) is 64.9. The van der Waals surface area contributed by atoms with Crippen molar-refractivity contribution in [1.29, 1.82) is 0 Å². The van der Waals surface area contributed by atoms with Crippen molar-refractivity contribution in [2.24, 2.45) is 0 Å². The third kappa shape index (κ3) is 68.1. The third-order valence-corrected chi connectivity index (χ3v) is 16.3. The molecule has 0 spiro atoms. The molecule has 0 fully saturated rings. The van der Waals surface area contributed by atoms with E-state index >= 15 is 0 Å². The maximum absolute atomic E-state index is 13.6. The second-order valence-electron chi connectivity index (χ2n) is 25.0. The van der Waals surface area contributed by atoms with Crippen LogP contribution in [0.15, 0.2) is 146 Å². The number of likely N-dealkylation sites (N-methyl/N-ethyl adjacent to an activating group) is 1. The summed E-state index contributed by atoms with van der Waals surface area (Å²) in [4.78, 5) is 38.0. The van der Waals surface area contributed by atoms with Gasteiger partial charge in [0, 0.05) is 12.8 Å². The van der Waals surface area contributed by atoms with Crippen molar-refractivity contribution < 1.29 is 37.3 Å². The van der Waals surface area contributed by atoms with Gasteiger partial charge >= 0.3 is 13.8 Å². The summed E-state index contributed by atoms with van der Waals surface area (Å²) in [6, 6.07) is -0.870. The van der Waals surface area contributed by atoms with E-state index in [1.807, 2.05) is 33.3 Å². The predicted molar refractivity (Wildman–Crippen MR) is 387 cm³/mol. The van der Waals surface area contributed by atoms with Gasteiger partial charge in [0.2, 0.25) is 5.91 Å². The van der Waals surface area contributed by atoms with Gasteiger partial charge in [-0.2, -0.15) is 0 Å². The van der Waals surface area contributed by atoms with Gasteiger partial charge in [-0.05, 0) is 128 Å². The van der Waals surface area contributed by atoms with E-state index in [-0.39, 0.29) is 31.5 Å². The van der Waals surface area contributed by atoms with Crippen molar-refractivity contribution in [3.63, 3.8) is 0 Å². The summed E-state index contributed by atoms with van der Waals surface area (Å²) in [5, 5.41) is 3.06. The van der Waals surface area contributed by atoms with E-state index in [4.69, 9.17) is 13.8 Å². The number of hydrogen-bond acceptors (Lipinski definition) is 6. The number of unbranched alkanes of at least 4 members (excludes halogenated alkanes) is 26. The fraction of sp³-hybridized carbons (Fsp3) is 0.671. The van der Waals surface area contributed by atoms with Crippen molar-refractivity contribution >= 4 is 19.7 Å². The summed E-state index contributed by atoms with van der Waals surface area (Å²) in [6.07, 6.45) is 97.1. The first-order valence-electron chi connectivity index (χ1n) is 36.2. The average Bonchev–Trinajstić information content (AvgIpc) is 3.65. The van der Waals surface area contributed by atoms with Crippen LogP contribution < -0.4 is 5.32 Å². The summed E-state index contributed by atoms with van der Waals surface area (Å²) in [7, 11) is 1.47. The number of hydrogen-bond donors (Lipinski definition) is 2. The fourth-order valence-corrected chi connectivity index (χ4v) is 10.5. The maximum Gasteiger partial charge on any atom is 0.472 e. The molecule has 0 saturated heterocycles. The first-order valence-corrected chi connectivity index (χ1v) is 37.7. The molecule has 1 amide bonds. The predicted octanol–water partition coefficient (Wildman–Crippen LogP) is 23.3. The quantitative estimate of drug-likeness (QED) is 0.0205. The highest BCUT2D eigenvalue weighted by molar-refractivity contribution is 7.47. The SMILES string of the molecule is CC/C=C\C/C=C\C/C=C\C/C=C\C/C=C\C/C=C\CCCCCCCCCCC(=O)NC(COP(=O)(O)OCC[N+](C)(C)C)C(/C=C\CCCCCCCCCCCCC)OC(=O)CCCCCCCCC/C=C\C/C=C\C/C=C\C/C=C\C/C=C\CC. The number of allylic oxidation sites excluding steroid dienone is 23. The largest absolute Gasteiger partial charge is 0.472 e. The first-order chi connectivity index (χ1) is 43.4. The molecule has 0 aliphatic heterocycles. The van der Waals surface area contributed by atoms with Gasteiger partial charge in [0.15, 0.2) is 0 Å². The fourth-order valence-electron chi connectivity index (χ4n) is 9.79. The van der Waals surface area contributed by atoms with Gasteiger partial charge in [0.25, 0.3) is 0 Å². The highest BCUT2D eigenvalue weighted by Gasteiger charge is 2.30. The second-order valence-corrected chi connectivity index (χ2v) is 26.4. The van der Waals surface area contributed by atoms with E-state index < -0.39 is 20.0 Å². The standard InChI is InChI=1S/C79H135N2O7P/c1-7-10-13-16-19-22-25-28-30-32-34-36-38-39-40-41-43-44-46-48-50-53-56-59-62-65-68-71-78(82)80-76(75-87-89(84,85)86-74-73-81(4,5)6)77(70-67-64-61-58-55-52-27-24-21-18-15-12-9-3)88-79(83)72-69-66-63-60-57-54-51-49-47-45-42-37-35-33-31-29-26-23-20-17-14-11-8-2/h10-11,13-14,19-20,22-23,28-31,34-37,39-40,43-45,47,67,70,76-77H,7-9,12,15-18,21,24-27,32-33,38,41-42,46,48-66,68-69,71-75H2,1-6H3,(H-,80,82,84,85)/p+1/b13-10-,14-11-,22-19-,23-20-,30-28-,31-29-,36-34-,37-35-,40-39-,44-43-,47-45-,70-67-. The van der Waals surface area contributed by atoms with Gasteiger partial charge in [-0.3, -0.25) is 18.6 Å². The Morgan fingerprint density at radius 3 is 1.08 bits per heavy atom. The summed E-state index contributed by atoms with van der Waals surface area (Å²) < 4.78 is 30.8. The molecular weight excluding hydrogens is 1120 g/mol. The smallest absolute Gasteiger partial charge is 0.456 e. The van der Waals surface area contributed by atoms with E-state index in [2.05, 4.69) is 160 Å². The number of carbonyl (C=O) groups is 2. The van der Waals surface area contributed by atoms with E-state index in [9.17, 15) is 19.0 Å². The number of nitrogens with zero attached hydrogens (tertiary/aromatic N) is 1. The van der Waals surface area contributed by atoms with E-state index in [0.717, 1.165) is 154 Å². The van der Waals surface area contributed by atoms with Gasteiger partial charge in [-0.1, -0.05) is 295 Å². The lowest BCUT2D eigenvalue weighted by atomic mass is 10.0. The van der Waals surface area contributed by atoms with Crippen LogP contribution in [0.5, 0.6) is 0 Å². The molecule has 3 unspecified atom stereocenters. The molecule has 0 saturated carbocycles. The molecule has 0 aromatic carbocycles. The summed E-state index contributed by atoms with van der Waals surface area (Å²) >= 11 is 0. The molecule has 2 N–H and O–H groups in total. The molecule has 508 valence electrons. The molecule has 0 bridgehead atoms. The van der Waals surface area contributed by atoms with Crippen molar-refractivity contribution in [3.8, 4) is 0 Å². The van der Waals surface area contributed by atoms with Crippen LogP contribution in [0.4, 0.5) is 0 Å². The highest BCUT2D eigenvalue weighted by atomic mass is 31.2. The summed E-state index contributed by atoms with van der Waals surface area (Å²) in [6.45, 7) is 6.78. The zero-order valence-corrected chi connectivity index (χ0v) is 59.0. The molecule has 0 aromatic heterocycles. The number of phosphoric ester groups is 1. The molecule has 10 heteroatoms. The van der Waals surface area contributed by atoms with Crippen LogP contribution in [0.2, 0.25) is 0 Å². The molecular formula is C79H136N2O7P+. The Hall–Kier alpha value is -4.11. The van der Waals surface area contributed by atoms with Crippen molar-refractivity contribution in [2.45, 2.75) is 303 Å². The molecule has 9 nitrogen and oxygen atoms in total. The molecule has 0 heterocycles. The second kappa shape index (κ2) is 66.8. The Labute approximate surface area is 548 Å². The number of rotatable bonds is 64. The van der Waals surface area contributed by atoms with Crippen LogP contribution >= 0.6 is 7.82 Å². The van der Waals surface area contributed by atoms with Gasteiger partial charge in [0.1, 0.15) is 19.3 Å². The van der Waals surface area contributed by atoms with E-state index in [1.54, 1.807) is 0 Å². The molecule has 0 aromatic rings. The van der Waals surface area contributed by atoms with Crippen LogP contribution in [0.25, 0.3) is 0 Å². The van der Waals surface area contributed by atoms with Gasteiger partial charge in [0.05, 0.1) is 33.8 Å².